The predicted octanol–water partition coefficient (Wildman–Crippen LogP) is 0.690. The van der Waals surface area contributed by atoms with Crippen molar-refractivity contribution >= 4 is 18.0 Å². The van der Waals surface area contributed by atoms with Crippen LogP contribution in [0.25, 0.3) is 0 Å². The fraction of sp³-hybridized carbons (Fsp3) is 0.769. The minimum Gasteiger partial charge on any atom is -0.481 e. The maximum atomic E-state index is 11.7. The molecule has 0 aromatic carbocycles. The minimum atomic E-state index is -0.970. The molecule has 0 bridgehead atoms. The van der Waals surface area contributed by atoms with Gasteiger partial charge < -0.3 is 20.1 Å². The molecule has 7 nitrogen and oxygen atoms in total. The van der Waals surface area contributed by atoms with Gasteiger partial charge in [-0.05, 0) is 13.3 Å². The number of carboxylic acid groups (broad SMARTS) is 1. The van der Waals surface area contributed by atoms with Crippen LogP contribution < -0.4 is 5.32 Å². The lowest BCUT2D eigenvalue weighted by Gasteiger charge is -2.36. The first kappa shape index (κ1) is 16.3. The molecule has 0 spiro atoms. The van der Waals surface area contributed by atoms with Gasteiger partial charge in [0.2, 0.25) is 5.91 Å². The van der Waals surface area contributed by atoms with E-state index in [1.807, 2.05) is 0 Å². The molecule has 1 rings (SSSR count). The normalized spacial score (nSPS) is 22.5. The molecular weight excluding hydrogens is 264 g/mol. The molecule has 7 heteroatoms. The summed E-state index contributed by atoms with van der Waals surface area (Å²) in [6.07, 6.45) is -0.216. The number of nitrogens with one attached hydrogen (secondary N) is 1. The lowest BCUT2D eigenvalue weighted by atomic mass is 9.94. The van der Waals surface area contributed by atoms with Gasteiger partial charge in [-0.2, -0.15) is 0 Å². The summed E-state index contributed by atoms with van der Waals surface area (Å²) in [5, 5.41) is 11.9. The second-order valence-corrected chi connectivity index (χ2v) is 5.23. The molecule has 0 saturated carbocycles. The molecule has 1 aliphatic heterocycles. The number of amides is 2. The Hall–Kier alpha value is -1.79. The molecule has 2 atom stereocenters. The Morgan fingerprint density at radius 1 is 1.35 bits per heavy atom. The van der Waals surface area contributed by atoms with Gasteiger partial charge in [0.1, 0.15) is 0 Å². The molecule has 1 saturated heterocycles. The SMILES string of the molecule is CCOC(=O)N1CC(NC(=O)C(C)C)CC(C(=O)O)C1. The number of hydrogen-bond donors (Lipinski definition) is 2. The highest BCUT2D eigenvalue weighted by atomic mass is 16.6. The Balaban J connectivity index is 2.72. The Morgan fingerprint density at radius 2 is 2.00 bits per heavy atom. The van der Waals surface area contributed by atoms with E-state index >= 15 is 0 Å². The zero-order chi connectivity index (χ0) is 15.3. The van der Waals surface area contributed by atoms with Crippen molar-refractivity contribution in [3.8, 4) is 0 Å². The molecule has 20 heavy (non-hydrogen) atoms. The molecule has 2 N–H and O–H groups in total. The summed E-state index contributed by atoms with van der Waals surface area (Å²) in [7, 11) is 0. The van der Waals surface area contributed by atoms with E-state index in [0.717, 1.165) is 0 Å². The molecule has 1 heterocycles. The predicted molar refractivity (Wildman–Crippen MR) is 71.1 cm³/mol. The Morgan fingerprint density at radius 3 is 2.50 bits per heavy atom. The van der Waals surface area contributed by atoms with Gasteiger partial charge in [0.05, 0.1) is 12.5 Å². The summed E-state index contributed by atoms with van der Waals surface area (Å²) in [6.45, 7) is 5.83. The van der Waals surface area contributed by atoms with Gasteiger partial charge in [0, 0.05) is 25.0 Å². The second-order valence-electron chi connectivity index (χ2n) is 5.23. The van der Waals surface area contributed by atoms with Crippen molar-refractivity contribution in [2.75, 3.05) is 19.7 Å². The van der Waals surface area contributed by atoms with Crippen LogP contribution in [0.3, 0.4) is 0 Å². The van der Waals surface area contributed by atoms with E-state index in [9.17, 15) is 14.4 Å². The number of likely N-dealkylation sites (tertiary alicyclic amines) is 1. The molecular formula is C13H22N2O5. The van der Waals surface area contributed by atoms with Crippen molar-refractivity contribution in [3.63, 3.8) is 0 Å². The van der Waals surface area contributed by atoms with Crippen LogP contribution >= 0.6 is 0 Å². The smallest absolute Gasteiger partial charge is 0.409 e. The summed E-state index contributed by atoms with van der Waals surface area (Å²) < 4.78 is 4.89. The summed E-state index contributed by atoms with van der Waals surface area (Å²) in [6, 6.07) is -0.357. The number of ether oxygens (including phenoxy) is 1. The van der Waals surface area contributed by atoms with Crippen LogP contribution in [0.15, 0.2) is 0 Å². The molecule has 114 valence electrons. The maximum Gasteiger partial charge on any atom is 0.409 e. The molecule has 1 aliphatic rings. The third-order valence-corrected chi connectivity index (χ3v) is 3.20. The van der Waals surface area contributed by atoms with Gasteiger partial charge in [-0.25, -0.2) is 4.79 Å². The zero-order valence-corrected chi connectivity index (χ0v) is 12.1. The van der Waals surface area contributed by atoms with Crippen molar-refractivity contribution in [3.05, 3.63) is 0 Å². The third-order valence-electron chi connectivity index (χ3n) is 3.20. The topological polar surface area (TPSA) is 95.9 Å². The summed E-state index contributed by atoms with van der Waals surface area (Å²) in [4.78, 5) is 35.9. The summed E-state index contributed by atoms with van der Waals surface area (Å²) >= 11 is 0. The maximum absolute atomic E-state index is 11.7. The van der Waals surface area contributed by atoms with Gasteiger partial charge >= 0.3 is 12.1 Å². The zero-order valence-electron chi connectivity index (χ0n) is 12.1. The standard InChI is InChI=1S/C13H22N2O5/c1-4-20-13(19)15-6-9(12(17)18)5-10(7-15)14-11(16)8(2)3/h8-10H,4-7H2,1-3H3,(H,14,16)(H,17,18). The van der Waals surface area contributed by atoms with Crippen molar-refractivity contribution in [1.29, 1.82) is 0 Å². The van der Waals surface area contributed by atoms with Crippen molar-refractivity contribution < 1.29 is 24.2 Å². The highest BCUT2D eigenvalue weighted by Crippen LogP contribution is 2.18. The largest absolute Gasteiger partial charge is 0.481 e. The monoisotopic (exact) mass is 286 g/mol. The van der Waals surface area contributed by atoms with Crippen LogP contribution in [-0.2, 0) is 14.3 Å². The summed E-state index contributed by atoms with van der Waals surface area (Å²) in [5.74, 6) is -1.99. The summed E-state index contributed by atoms with van der Waals surface area (Å²) in [5.41, 5.74) is 0. The van der Waals surface area contributed by atoms with E-state index in [4.69, 9.17) is 9.84 Å². The van der Waals surface area contributed by atoms with E-state index < -0.39 is 18.0 Å². The van der Waals surface area contributed by atoms with Crippen molar-refractivity contribution in [1.82, 2.24) is 10.2 Å². The van der Waals surface area contributed by atoms with Gasteiger partial charge in [0.15, 0.2) is 0 Å². The highest BCUT2D eigenvalue weighted by molar-refractivity contribution is 5.79. The first-order chi connectivity index (χ1) is 9.35. The minimum absolute atomic E-state index is 0.113. The number of piperidine rings is 1. The Labute approximate surface area is 118 Å². The van der Waals surface area contributed by atoms with Crippen molar-refractivity contribution in [2.45, 2.75) is 33.2 Å². The number of aliphatic carboxylic acids is 1. The van der Waals surface area contributed by atoms with E-state index in [0.29, 0.717) is 6.42 Å². The van der Waals surface area contributed by atoms with Gasteiger partial charge in [-0.15, -0.1) is 0 Å². The van der Waals surface area contributed by atoms with Crippen LogP contribution in [-0.4, -0.2) is 53.7 Å². The number of carboxylic acids is 1. The van der Waals surface area contributed by atoms with Gasteiger partial charge in [-0.1, -0.05) is 13.8 Å². The van der Waals surface area contributed by atoms with E-state index in [1.165, 1.54) is 4.90 Å². The number of carbonyl (C=O) groups excluding carboxylic acids is 2. The first-order valence-corrected chi connectivity index (χ1v) is 6.80. The van der Waals surface area contributed by atoms with E-state index in [-0.39, 0.29) is 37.6 Å². The van der Waals surface area contributed by atoms with E-state index in [2.05, 4.69) is 5.32 Å². The fourth-order valence-corrected chi connectivity index (χ4v) is 2.11. The molecule has 0 aromatic heterocycles. The third kappa shape index (κ3) is 4.40. The Bertz CT molecular complexity index is 383. The van der Waals surface area contributed by atoms with E-state index in [1.54, 1.807) is 20.8 Å². The number of nitrogens with zero attached hydrogens (tertiary/aromatic N) is 1. The molecule has 1 fully saturated rings. The Kier molecular flexibility index (Phi) is 5.79. The molecule has 0 aliphatic carbocycles. The van der Waals surface area contributed by atoms with Gasteiger partial charge in [-0.3, -0.25) is 9.59 Å². The number of hydrogen-bond acceptors (Lipinski definition) is 4. The van der Waals surface area contributed by atoms with Crippen LogP contribution in [0.4, 0.5) is 4.79 Å². The number of carbonyl (C=O) groups is 3. The van der Waals surface area contributed by atoms with Crippen LogP contribution in [0.5, 0.6) is 0 Å². The fourth-order valence-electron chi connectivity index (χ4n) is 2.11. The average Bonchev–Trinajstić information content (AvgIpc) is 2.38. The molecule has 2 unspecified atom stereocenters. The molecule has 0 radical (unpaired) electrons. The second kappa shape index (κ2) is 7.12. The molecule has 2 amide bonds. The van der Waals surface area contributed by atoms with Crippen LogP contribution in [0.2, 0.25) is 0 Å². The van der Waals surface area contributed by atoms with Crippen LogP contribution in [0, 0.1) is 11.8 Å². The lowest BCUT2D eigenvalue weighted by molar-refractivity contribution is -0.144. The van der Waals surface area contributed by atoms with Crippen molar-refractivity contribution in [2.24, 2.45) is 11.8 Å². The van der Waals surface area contributed by atoms with Gasteiger partial charge in [0.25, 0.3) is 0 Å². The highest BCUT2D eigenvalue weighted by Gasteiger charge is 2.35. The van der Waals surface area contributed by atoms with Crippen LogP contribution in [0.1, 0.15) is 27.2 Å². The average molecular weight is 286 g/mol. The quantitative estimate of drug-likeness (QED) is 0.792. The number of rotatable bonds is 4. The lowest BCUT2D eigenvalue weighted by Crippen LogP contribution is -2.54. The first-order valence-electron chi connectivity index (χ1n) is 6.80. The molecule has 0 aromatic rings.